The van der Waals surface area contributed by atoms with Crippen LogP contribution in [-0.2, 0) is 32.4 Å². The van der Waals surface area contributed by atoms with Crippen LogP contribution in [0.5, 0.6) is 0 Å². The Bertz CT molecular complexity index is 1030. The van der Waals surface area contributed by atoms with Gasteiger partial charge >= 0.3 is 6.18 Å². The quantitative estimate of drug-likeness (QED) is 0.754. The van der Waals surface area contributed by atoms with Gasteiger partial charge in [0, 0.05) is 13.1 Å². The summed E-state index contributed by atoms with van der Waals surface area (Å²) < 4.78 is 65.1. The summed E-state index contributed by atoms with van der Waals surface area (Å²) in [5, 5.41) is 1.21. The minimum atomic E-state index is -4.64. The largest absolute Gasteiger partial charge is 0.416 e. The van der Waals surface area contributed by atoms with E-state index in [9.17, 15) is 26.4 Å². The van der Waals surface area contributed by atoms with Crippen LogP contribution in [0.4, 0.5) is 13.2 Å². The highest BCUT2D eigenvalue weighted by Crippen LogP contribution is 2.40. The van der Waals surface area contributed by atoms with Gasteiger partial charge in [-0.2, -0.15) is 17.5 Å². The van der Waals surface area contributed by atoms with Crippen molar-refractivity contribution in [3.8, 4) is 0 Å². The second kappa shape index (κ2) is 6.82. The van der Waals surface area contributed by atoms with E-state index in [-0.39, 0.29) is 32.0 Å². The molecule has 2 aromatic rings. The molecule has 0 atom stereocenters. The van der Waals surface area contributed by atoms with E-state index in [1.54, 1.807) is 0 Å². The Balaban J connectivity index is 1.46. The Hall–Kier alpha value is -2.43. The number of amides is 1. The second-order valence-electron chi connectivity index (χ2n) is 7.17. The monoisotopic (exact) mass is 426 g/mol. The maximum absolute atomic E-state index is 12.9. The summed E-state index contributed by atoms with van der Waals surface area (Å²) in [6.07, 6.45) is -4.62. The normalized spacial score (nSPS) is 19.6. The second-order valence-corrected chi connectivity index (χ2v) is 9.10. The van der Waals surface area contributed by atoms with Gasteiger partial charge < -0.3 is 0 Å². The first-order valence-corrected chi connectivity index (χ1v) is 10.2. The van der Waals surface area contributed by atoms with Crippen LogP contribution in [0.1, 0.15) is 17.5 Å². The molecule has 29 heavy (non-hydrogen) atoms. The molecule has 1 amide bonds. The number of carbonyl (C=O) groups is 1. The molecule has 6 nitrogen and oxygen atoms in total. The fraction of sp³-hybridized carbons (Fsp3) is 0.316. The van der Waals surface area contributed by atoms with E-state index in [0.29, 0.717) is 6.07 Å². The summed E-state index contributed by atoms with van der Waals surface area (Å²) >= 11 is 0. The summed E-state index contributed by atoms with van der Waals surface area (Å²) in [7, 11) is -4.12. The average Bonchev–Trinajstić information content (AvgIpc) is 2.98. The summed E-state index contributed by atoms with van der Waals surface area (Å²) in [6, 6.07) is 12.8. The Morgan fingerprint density at radius 3 is 2.38 bits per heavy atom. The van der Waals surface area contributed by atoms with Crippen LogP contribution >= 0.6 is 0 Å². The van der Waals surface area contributed by atoms with Crippen LogP contribution < -0.4 is 0 Å². The number of rotatable bonds is 4. The fourth-order valence-corrected chi connectivity index (χ4v) is 5.10. The molecule has 2 aliphatic heterocycles. The summed E-state index contributed by atoms with van der Waals surface area (Å²) in [5.41, 5.74) is -1.14. The summed E-state index contributed by atoms with van der Waals surface area (Å²) in [4.78, 5) is 17.6. The molecule has 0 N–H and O–H groups in total. The van der Waals surface area contributed by atoms with E-state index in [4.69, 9.17) is 4.84 Å². The Morgan fingerprint density at radius 2 is 1.72 bits per heavy atom. The third-order valence-electron chi connectivity index (χ3n) is 4.95. The molecular weight excluding hydrogens is 409 g/mol. The molecule has 2 aromatic carbocycles. The van der Waals surface area contributed by atoms with Crippen LogP contribution in [0, 0.1) is 0 Å². The minimum absolute atomic E-state index is 0.0223. The van der Waals surface area contributed by atoms with E-state index in [0.717, 1.165) is 28.1 Å². The molecule has 10 heteroatoms. The first-order valence-electron chi connectivity index (χ1n) is 8.80. The third-order valence-corrected chi connectivity index (χ3v) is 6.74. The molecule has 2 heterocycles. The van der Waals surface area contributed by atoms with E-state index in [2.05, 4.69) is 0 Å². The topological polar surface area (TPSA) is 66.9 Å². The number of halogens is 3. The molecule has 0 bridgehead atoms. The molecule has 0 aliphatic carbocycles. The maximum atomic E-state index is 12.9. The number of hydrogen-bond donors (Lipinski definition) is 0. The van der Waals surface area contributed by atoms with E-state index >= 15 is 0 Å². The SMILES string of the molecule is O=C1CC2(CN(S(=O)(=O)c3cccc(C(F)(F)F)c3)C2)ON1Cc1ccccc1. The fourth-order valence-electron chi connectivity index (χ4n) is 3.47. The third kappa shape index (κ3) is 3.75. The number of sulfonamides is 1. The van der Waals surface area contributed by atoms with Crippen molar-refractivity contribution >= 4 is 15.9 Å². The number of alkyl halides is 3. The van der Waals surface area contributed by atoms with Gasteiger partial charge in [0.1, 0.15) is 5.60 Å². The predicted molar refractivity (Wildman–Crippen MR) is 95.6 cm³/mol. The van der Waals surface area contributed by atoms with Crippen LogP contribution in [0.15, 0.2) is 59.5 Å². The van der Waals surface area contributed by atoms with Gasteiger partial charge in [-0.05, 0) is 23.8 Å². The predicted octanol–water partition coefficient (Wildman–Crippen LogP) is 2.81. The molecule has 0 saturated carbocycles. The van der Waals surface area contributed by atoms with Gasteiger partial charge in [-0.25, -0.2) is 13.5 Å². The van der Waals surface area contributed by atoms with Crippen molar-refractivity contribution in [2.24, 2.45) is 0 Å². The van der Waals surface area contributed by atoms with Crippen LogP contribution in [-0.4, -0.2) is 42.4 Å². The van der Waals surface area contributed by atoms with Crippen molar-refractivity contribution < 1.29 is 31.2 Å². The number of hydrogen-bond acceptors (Lipinski definition) is 4. The molecule has 4 rings (SSSR count). The van der Waals surface area contributed by atoms with Gasteiger partial charge in [0.2, 0.25) is 15.9 Å². The highest BCUT2D eigenvalue weighted by molar-refractivity contribution is 7.89. The molecule has 2 aliphatic rings. The van der Waals surface area contributed by atoms with Gasteiger partial charge in [0.15, 0.2) is 0 Å². The number of carbonyl (C=O) groups excluding carboxylic acids is 1. The summed E-state index contributed by atoms with van der Waals surface area (Å²) in [5.74, 6) is -0.259. The average molecular weight is 426 g/mol. The van der Waals surface area contributed by atoms with Crippen molar-refractivity contribution in [3.63, 3.8) is 0 Å². The van der Waals surface area contributed by atoms with Gasteiger partial charge in [0.25, 0.3) is 0 Å². The number of nitrogens with zero attached hydrogens (tertiary/aromatic N) is 2. The van der Waals surface area contributed by atoms with E-state index in [1.165, 1.54) is 5.06 Å². The van der Waals surface area contributed by atoms with Crippen molar-refractivity contribution in [2.45, 2.75) is 29.6 Å². The van der Waals surface area contributed by atoms with Crippen molar-refractivity contribution in [1.29, 1.82) is 0 Å². The minimum Gasteiger partial charge on any atom is -0.272 e. The molecule has 2 saturated heterocycles. The Kier molecular flexibility index (Phi) is 4.67. The molecule has 0 radical (unpaired) electrons. The van der Waals surface area contributed by atoms with E-state index < -0.39 is 32.3 Å². The van der Waals surface area contributed by atoms with Crippen LogP contribution in [0.25, 0.3) is 0 Å². The lowest BCUT2D eigenvalue weighted by Crippen LogP contribution is -2.63. The lowest BCUT2D eigenvalue weighted by molar-refractivity contribution is -0.228. The first-order chi connectivity index (χ1) is 13.6. The van der Waals surface area contributed by atoms with Crippen LogP contribution in [0.3, 0.4) is 0 Å². The highest BCUT2D eigenvalue weighted by atomic mass is 32.2. The van der Waals surface area contributed by atoms with Gasteiger partial charge in [-0.1, -0.05) is 36.4 Å². The van der Waals surface area contributed by atoms with Crippen molar-refractivity contribution in [3.05, 3.63) is 65.7 Å². The van der Waals surface area contributed by atoms with Crippen molar-refractivity contribution in [1.82, 2.24) is 9.37 Å². The van der Waals surface area contributed by atoms with E-state index in [1.807, 2.05) is 30.3 Å². The Morgan fingerprint density at radius 1 is 1.03 bits per heavy atom. The lowest BCUT2D eigenvalue weighted by atomic mass is 9.94. The maximum Gasteiger partial charge on any atom is 0.416 e. The number of benzene rings is 2. The zero-order chi connectivity index (χ0) is 20.9. The van der Waals surface area contributed by atoms with Gasteiger partial charge in [-0.3, -0.25) is 9.63 Å². The number of hydroxylamine groups is 2. The molecule has 1 spiro atoms. The zero-order valence-corrected chi connectivity index (χ0v) is 15.9. The zero-order valence-electron chi connectivity index (χ0n) is 15.1. The Labute approximate surface area is 165 Å². The molecule has 2 fully saturated rings. The van der Waals surface area contributed by atoms with Gasteiger partial charge in [-0.15, -0.1) is 0 Å². The highest BCUT2D eigenvalue weighted by Gasteiger charge is 2.56. The summed E-state index contributed by atoms with van der Waals surface area (Å²) in [6.45, 7) is 0.0486. The van der Waals surface area contributed by atoms with Gasteiger partial charge in [0.05, 0.1) is 23.4 Å². The molecule has 154 valence electrons. The standard InChI is InChI=1S/C19H17F3N2O4S/c20-19(21,22)15-7-4-8-16(9-15)29(26,27)23-12-18(13-23)10-17(25)24(28-18)11-14-5-2-1-3-6-14/h1-9H,10-13H2. The molecular formula is C19H17F3N2O4S. The molecule has 0 aromatic heterocycles. The molecule has 0 unspecified atom stereocenters. The lowest BCUT2D eigenvalue weighted by Gasteiger charge is -2.44. The smallest absolute Gasteiger partial charge is 0.272 e. The van der Waals surface area contributed by atoms with Crippen molar-refractivity contribution in [2.75, 3.05) is 13.1 Å². The van der Waals surface area contributed by atoms with Crippen LogP contribution in [0.2, 0.25) is 0 Å². The first kappa shape index (κ1) is 19.9.